The first kappa shape index (κ1) is 20.3. The van der Waals surface area contributed by atoms with Gasteiger partial charge in [-0.1, -0.05) is 26.0 Å². The molecule has 0 N–H and O–H groups in total. The second kappa shape index (κ2) is 8.06. The van der Waals surface area contributed by atoms with Crippen LogP contribution in [-0.4, -0.2) is 22.6 Å². The number of hydrogen-bond donors (Lipinski definition) is 1. The summed E-state index contributed by atoms with van der Waals surface area (Å²) in [7, 11) is 0. The third-order valence-corrected chi connectivity index (χ3v) is 6.47. The maximum Gasteiger partial charge on any atom is 0.147 e. The molecule has 0 atom stereocenters. The summed E-state index contributed by atoms with van der Waals surface area (Å²) in [5, 5.41) is 1.25. The Bertz CT molecular complexity index is 1030. The van der Waals surface area contributed by atoms with Gasteiger partial charge in [0.1, 0.15) is 5.65 Å². The maximum atomic E-state index is 6.14. The zero-order valence-electron chi connectivity index (χ0n) is 17.9. The highest BCUT2D eigenvalue weighted by Crippen LogP contribution is 2.35. The molecule has 0 saturated carbocycles. The molecule has 4 heteroatoms. The van der Waals surface area contributed by atoms with Gasteiger partial charge in [-0.3, -0.25) is 0 Å². The SMILES string of the molecule is [CH]C1CCN(c2cc(C)nc3c2c(C)cn3-c2ccc(C(C)C)cc2CS)CC1. The molecular formula is C25H31N3S. The van der Waals surface area contributed by atoms with E-state index in [0.717, 1.165) is 37.3 Å². The summed E-state index contributed by atoms with van der Waals surface area (Å²) >= 11 is 4.63. The molecule has 1 aliphatic rings. The summed E-state index contributed by atoms with van der Waals surface area (Å²) in [6.07, 6.45) is 4.32. The number of rotatable bonds is 4. The first-order chi connectivity index (χ1) is 13.9. The van der Waals surface area contributed by atoms with Gasteiger partial charge < -0.3 is 9.47 Å². The zero-order valence-corrected chi connectivity index (χ0v) is 18.8. The van der Waals surface area contributed by atoms with E-state index in [-0.39, 0.29) is 0 Å². The summed E-state index contributed by atoms with van der Waals surface area (Å²) in [5.74, 6) is 1.54. The van der Waals surface area contributed by atoms with E-state index in [9.17, 15) is 0 Å². The third-order valence-electron chi connectivity index (χ3n) is 6.13. The quantitative estimate of drug-likeness (QED) is 0.528. The minimum atomic E-state index is 0.327. The smallest absolute Gasteiger partial charge is 0.147 e. The van der Waals surface area contributed by atoms with Crippen molar-refractivity contribution in [2.75, 3.05) is 18.0 Å². The van der Waals surface area contributed by atoms with Gasteiger partial charge in [-0.15, -0.1) is 0 Å². The molecule has 0 unspecified atom stereocenters. The lowest BCUT2D eigenvalue weighted by atomic mass is 9.98. The van der Waals surface area contributed by atoms with Gasteiger partial charge >= 0.3 is 0 Å². The van der Waals surface area contributed by atoms with Gasteiger partial charge in [-0.05, 0) is 74.3 Å². The molecule has 1 fully saturated rings. The molecule has 3 heterocycles. The lowest BCUT2D eigenvalue weighted by Crippen LogP contribution is -2.33. The summed E-state index contributed by atoms with van der Waals surface area (Å²) < 4.78 is 2.26. The number of nitrogens with zero attached hydrogens (tertiary/aromatic N) is 3. The molecule has 4 rings (SSSR count). The molecule has 3 aromatic rings. The van der Waals surface area contributed by atoms with Crippen LogP contribution in [0.2, 0.25) is 0 Å². The monoisotopic (exact) mass is 405 g/mol. The molecule has 3 nitrogen and oxygen atoms in total. The van der Waals surface area contributed by atoms with E-state index in [0.29, 0.717) is 17.6 Å². The average molecular weight is 406 g/mol. The molecular weight excluding hydrogens is 374 g/mol. The van der Waals surface area contributed by atoms with Crippen molar-refractivity contribution in [1.82, 2.24) is 9.55 Å². The number of pyridine rings is 1. The van der Waals surface area contributed by atoms with Crippen LogP contribution in [0.3, 0.4) is 0 Å². The summed E-state index contributed by atoms with van der Waals surface area (Å²) in [6.45, 7) is 16.9. The van der Waals surface area contributed by atoms with Crippen LogP contribution in [0.25, 0.3) is 16.7 Å². The fourth-order valence-electron chi connectivity index (χ4n) is 4.41. The molecule has 2 aromatic heterocycles. The van der Waals surface area contributed by atoms with Crippen LogP contribution in [0.15, 0.2) is 30.5 Å². The van der Waals surface area contributed by atoms with Crippen molar-refractivity contribution in [3.05, 3.63) is 59.8 Å². The molecule has 152 valence electrons. The lowest BCUT2D eigenvalue weighted by molar-refractivity contribution is 0.476. The van der Waals surface area contributed by atoms with E-state index in [2.05, 4.69) is 80.3 Å². The van der Waals surface area contributed by atoms with Crippen LogP contribution in [0.1, 0.15) is 55.0 Å². The van der Waals surface area contributed by atoms with Crippen LogP contribution in [-0.2, 0) is 5.75 Å². The maximum absolute atomic E-state index is 6.14. The van der Waals surface area contributed by atoms with Gasteiger partial charge in [-0.25, -0.2) is 4.98 Å². The second-order valence-electron chi connectivity index (χ2n) is 8.69. The van der Waals surface area contributed by atoms with Crippen molar-refractivity contribution in [2.45, 2.75) is 52.2 Å². The number of thiol groups is 1. The second-order valence-corrected chi connectivity index (χ2v) is 9.01. The Morgan fingerprint density at radius 1 is 1.14 bits per heavy atom. The Hall–Kier alpha value is -1.94. The van der Waals surface area contributed by atoms with Gasteiger partial charge in [0.25, 0.3) is 0 Å². The van der Waals surface area contributed by atoms with Crippen molar-refractivity contribution < 1.29 is 0 Å². The topological polar surface area (TPSA) is 21.1 Å². The van der Waals surface area contributed by atoms with E-state index < -0.39 is 0 Å². The van der Waals surface area contributed by atoms with Crippen molar-refractivity contribution in [2.24, 2.45) is 5.92 Å². The molecule has 1 aliphatic heterocycles. The Labute approximate surface area is 180 Å². The van der Waals surface area contributed by atoms with Crippen LogP contribution < -0.4 is 4.90 Å². The number of piperidine rings is 1. The van der Waals surface area contributed by atoms with Crippen molar-refractivity contribution in [3.8, 4) is 5.69 Å². The number of hydrogen-bond acceptors (Lipinski definition) is 3. The van der Waals surface area contributed by atoms with Gasteiger partial charge in [-0.2, -0.15) is 12.6 Å². The summed E-state index contributed by atoms with van der Waals surface area (Å²) in [6, 6.07) is 8.98. The third kappa shape index (κ3) is 3.79. The van der Waals surface area contributed by atoms with E-state index >= 15 is 0 Å². The Morgan fingerprint density at radius 2 is 1.86 bits per heavy atom. The highest BCUT2D eigenvalue weighted by Gasteiger charge is 2.22. The predicted molar refractivity (Wildman–Crippen MR) is 127 cm³/mol. The largest absolute Gasteiger partial charge is 0.371 e. The molecule has 0 amide bonds. The van der Waals surface area contributed by atoms with Crippen LogP contribution in [0, 0.1) is 26.7 Å². The van der Waals surface area contributed by atoms with Crippen LogP contribution >= 0.6 is 12.6 Å². The first-order valence-corrected chi connectivity index (χ1v) is 11.3. The van der Waals surface area contributed by atoms with E-state index in [4.69, 9.17) is 11.9 Å². The first-order valence-electron chi connectivity index (χ1n) is 10.6. The Morgan fingerprint density at radius 3 is 2.52 bits per heavy atom. The van der Waals surface area contributed by atoms with Gasteiger partial charge in [0.15, 0.2) is 0 Å². The molecule has 0 aliphatic carbocycles. The highest BCUT2D eigenvalue weighted by molar-refractivity contribution is 7.79. The number of aromatic nitrogens is 2. The zero-order chi connectivity index (χ0) is 20.7. The molecule has 1 saturated heterocycles. The fourth-order valence-corrected chi connectivity index (χ4v) is 4.66. The Balaban J connectivity index is 1.88. The minimum Gasteiger partial charge on any atom is -0.371 e. The number of benzene rings is 1. The minimum absolute atomic E-state index is 0.327. The van der Waals surface area contributed by atoms with Gasteiger partial charge in [0, 0.05) is 41.8 Å². The van der Waals surface area contributed by atoms with E-state index in [1.807, 2.05) is 0 Å². The fraction of sp³-hybridized carbons (Fsp3) is 0.440. The number of fused-ring (bicyclic) bond motifs is 1. The predicted octanol–water partition coefficient (Wildman–Crippen LogP) is 6.12. The molecule has 29 heavy (non-hydrogen) atoms. The van der Waals surface area contributed by atoms with Crippen molar-refractivity contribution in [3.63, 3.8) is 0 Å². The van der Waals surface area contributed by atoms with Gasteiger partial charge in [0.2, 0.25) is 0 Å². The average Bonchev–Trinajstić information content (AvgIpc) is 3.03. The van der Waals surface area contributed by atoms with Gasteiger partial charge in [0.05, 0.1) is 5.69 Å². The highest BCUT2D eigenvalue weighted by atomic mass is 32.1. The van der Waals surface area contributed by atoms with Crippen molar-refractivity contribution >= 4 is 29.3 Å². The summed E-state index contributed by atoms with van der Waals surface area (Å²) in [5.41, 5.74) is 8.40. The van der Waals surface area contributed by atoms with E-state index in [1.165, 1.54) is 33.5 Å². The number of aryl methyl sites for hydroxylation is 2. The molecule has 0 spiro atoms. The van der Waals surface area contributed by atoms with Crippen LogP contribution in [0.5, 0.6) is 0 Å². The normalized spacial score (nSPS) is 15.6. The standard InChI is InChI=1S/C25H31N3S/c1-16(2)20-6-7-22(21(13-20)15-29)28-14-18(4)24-23(12-19(5)26-25(24)28)27-10-8-17(3)9-11-27/h3,6-7,12-14,16-17,29H,8-11,15H2,1-2,4-5H3. The Kier molecular flexibility index (Phi) is 5.65. The van der Waals surface area contributed by atoms with Crippen LogP contribution in [0.4, 0.5) is 5.69 Å². The molecule has 0 bridgehead atoms. The van der Waals surface area contributed by atoms with Crippen molar-refractivity contribution in [1.29, 1.82) is 0 Å². The molecule has 2 radical (unpaired) electrons. The van der Waals surface area contributed by atoms with E-state index in [1.54, 1.807) is 0 Å². The lowest BCUT2D eigenvalue weighted by Gasteiger charge is -2.32. The molecule has 1 aromatic carbocycles. The number of anilines is 1. The summed E-state index contributed by atoms with van der Waals surface area (Å²) in [4.78, 5) is 7.45.